The zero-order valence-corrected chi connectivity index (χ0v) is 19.7. The number of nitrogens with two attached hydrogens (primary N) is 1. The van der Waals surface area contributed by atoms with Gasteiger partial charge in [0.05, 0.1) is 6.54 Å². The summed E-state index contributed by atoms with van der Waals surface area (Å²) < 4.78 is 0. The van der Waals surface area contributed by atoms with Crippen molar-refractivity contribution in [1.29, 1.82) is 0 Å². The molecule has 1 heterocycles. The van der Waals surface area contributed by atoms with Crippen molar-refractivity contribution in [3.8, 4) is 0 Å². The normalized spacial score (nSPS) is 13.7. The lowest BCUT2D eigenvalue weighted by atomic mass is 10.0. The van der Waals surface area contributed by atoms with Gasteiger partial charge in [0, 0.05) is 24.7 Å². The van der Waals surface area contributed by atoms with E-state index in [4.69, 9.17) is 5.73 Å². The summed E-state index contributed by atoms with van der Waals surface area (Å²) in [5.41, 5.74) is 8.08. The van der Waals surface area contributed by atoms with Crippen LogP contribution in [0.5, 0.6) is 0 Å². The van der Waals surface area contributed by atoms with Crippen LogP contribution in [0.15, 0.2) is 48.7 Å². The molecule has 1 fully saturated rings. The van der Waals surface area contributed by atoms with E-state index in [0.717, 1.165) is 50.5 Å². The number of aromatic nitrogens is 1. The Morgan fingerprint density at radius 2 is 1.91 bits per heavy atom. The first-order chi connectivity index (χ1) is 15.0. The van der Waals surface area contributed by atoms with Crippen molar-refractivity contribution in [2.45, 2.75) is 70.4 Å². The summed E-state index contributed by atoms with van der Waals surface area (Å²) in [4.78, 5) is 31.2. The molecule has 2 amide bonds. The number of hydrogen-bond donors (Lipinski definition) is 2. The standard InChI is InChI=1S/C25H34N4O2.ClH/c1-2-21(12-11-19-7-4-3-5-8-19)28-24(30)18-29(22-13-14-22)25(31)10-6-9-20-15-16-27-23(26)17-20;/h3-5,7-8,15-17,21-22H,2,6,9-14,18H2,1H3,(H2,26,27)(H,28,30);1H. The third kappa shape index (κ3) is 8.50. The minimum absolute atomic E-state index is 0. The highest BCUT2D eigenvalue weighted by Crippen LogP contribution is 2.27. The maximum Gasteiger partial charge on any atom is 0.239 e. The van der Waals surface area contributed by atoms with E-state index < -0.39 is 0 Å². The van der Waals surface area contributed by atoms with E-state index in [9.17, 15) is 9.59 Å². The van der Waals surface area contributed by atoms with Gasteiger partial charge >= 0.3 is 0 Å². The molecule has 0 aliphatic heterocycles. The Hall–Kier alpha value is -2.60. The molecule has 174 valence electrons. The molecule has 0 spiro atoms. The molecule has 1 aromatic heterocycles. The number of amides is 2. The van der Waals surface area contributed by atoms with Crippen LogP contribution < -0.4 is 11.1 Å². The third-order valence-electron chi connectivity index (χ3n) is 5.81. The van der Waals surface area contributed by atoms with Crippen LogP contribution in [0.3, 0.4) is 0 Å². The highest BCUT2D eigenvalue weighted by molar-refractivity contribution is 5.85. The van der Waals surface area contributed by atoms with Crippen molar-refractivity contribution in [3.05, 3.63) is 59.8 Å². The van der Waals surface area contributed by atoms with Crippen LogP contribution in [0.1, 0.15) is 56.6 Å². The van der Waals surface area contributed by atoms with E-state index in [1.807, 2.05) is 30.3 Å². The lowest BCUT2D eigenvalue weighted by molar-refractivity contribution is -0.137. The molecule has 1 aromatic carbocycles. The molecule has 3 rings (SSSR count). The van der Waals surface area contributed by atoms with Gasteiger partial charge in [-0.05, 0) is 68.2 Å². The zero-order chi connectivity index (χ0) is 22.1. The molecule has 1 unspecified atom stereocenters. The molecule has 1 saturated carbocycles. The van der Waals surface area contributed by atoms with Gasteiger partial charge in [-0.3, -0.25) is 9.59 Å². The number of nitrogen functional groups attached to an aromatic ring is 1. The second kappa shape index (κ2) is 13.1. The van der Waals surface area contributed by atoms with Crippen LogP contribution in [0, 0.1) is 0 Å². The predicted molar refractivity (Wildman–Crippen MR) is 131 cm³/mol. The molecule has 1 aliphatic carbocycles. The van der Waals surface area contributed by atoms with Crippen molar-refractivity contribution in [1.82, 2.24) is 15.2 Å². The number of hydrogen-bond acceptors (Lipinski definition) is 4. The Bertz CT molecular complexity index is 858. The summed E-state index contributed by atoms with van der Waals surface area (Å²) in [5, 5.41) is 3.14. The van der Waals surface area contributed by atoms with Crippen molar-refractivity contribution in [3.63, 3.8) is 0 Å². The molecule has 0 saturated heterocycles. The van der Waals surface area contributed by atoms with Crippen LogP contribution >= 0.6 is 12.4 Å². The summed E-state index contributed by atoms with van der Waals surface area (Å²) in [5.74, 6) is 0.511. The van der Waals surface area contributed by atoms with Crippen LogP contribution in [0.2, 0.25) is 0 Å². The monoisotopic (exact) mass is 458 g/mol. The number of nitrogens with zero attached hydrogens (tertiary/aromatic N) is 2. The Morgan fingerprint density at radius 3 is 2.56 bits per heavy atom. The fourth-order valence-electron chi connectivity index (χ4n) is 3.84. The number of carbonyl (C=O) groups is 2. The van der Waals surface area contributed by atoms with Crippen LogP contribution in [-0.4, -0.2) is 40.3 Å². The number of carbonyl (C=O) groups excluding carboxylic acids is 2. The topological polar surface area (TPSA) is 88.3 Å². The summed E-state index contributed by atoms with van der Waals surface area (Å²) in [6.07, 6.45) is 8.35. The Kier molecular flexibility index (Phi) is 10.5. The third-order valence-corrected chi connectivity index (χ3v) is 5.81. The SMILES string of the molecule is CCC(CCc1ccccc1)NC(=O)CN(C(=O)CCCc1ccnc(N)c1)C1CC1.Cl. The van der Waals surface area contributed by atoms with E-state index in [1.165, 1.54) is 5.56 Å². The van der Waals surface area contributed by atoms with E-state index in [1.54, 1.807) is 11.1 Å². The lowest BCUT2D eigenvalue weighted by Crippen LogP contribution is -2.45. The van der Waals surface area contributed by atoms with Crippen molar-refractivity contribution in [2.75, 3.05) is 12.3 Å². The number of pyridine rings is 1. The molecule has 1 atom stereocenters. The summed E-state index contributed by atoms with van der Waals surface area (Å²) >= 11 is 0. The summed E-state index contributed by atoms with van der Waals surface area (Å²) in [7, 11) is 0. The Morgan fingerprint density at radius 1 is 1.16 bits per heavy atom. The smallest absolute Gasteiger partial charge is 0.239 e. The molecule has 0 bridgehead atoms. The van der Waals surface area contributed by atoms with E-state index >= 15 is 0 Å². The van der Waals surface area contributed by atoms with Gasteiger partial charge in [0.2, 0.25) is 11.8 Å². The number of halogens is 1. The predicted octanol–water partition coefficient (Wildman–Crippen LogP) is 3.93. The number of rotatable bonds is 12. The van der Waals surface area contributed by atoms with Crippen molar-refractivity contribution >= 4 is 30.0 Å². The van der Waals surface area contributed by atoms with E-state index in [0.29, 0.717) is 12.2 Å². The quantitative estimate of drug-likeness (QED) is 0.504. The van der Waals surface area contributed by atoms with Gasteiger partial charge in [-0.15, -0.1) is 12.4 Å². The number of benzene rings is 1. The Labute approximate surface area is 197 Å². The second-order valence-electron chi connectivity index (χ2n) is 8.39. The average Bonchev–Trinajstić information content (AvgIpc) is 3.61. The fourth-order valence-corrected chi connectivity index (χ4v) is 3.84. The minimum Gasteiger partial charge on any atom is -0.384 e. The molecule has 3 N–H and O–H groups in total. The fraction of sp³-hybridized carbons (Fsp3) is 0.480. The van der Waals surface area contributed by atoms with Gasteiger partial charge in [-0.25, -0.2) is 4.98 Å². The molecule has 1 aliphatic rings. The summed E-state index contributed by atoms with van der Waals surface area (Å²) in [6.45, 7) is 2.25. The average molecular weight is 459 g/mol. The molecule has 32 heavy (non-hydrogen) atoms. The van der Waals surface area contributed by atoms with Gasteiger partial charge < -0.3 is 16.0 Å². The largest absolute Gasteiger partial charge is 0.384 e. The zero-order valence-electron chi connectivity index (χ0n) is 18.8. The Balaban J connectivity index is 0.00000363. The molecule has 0 radical (unpaired) electrons. The molecule has 2 aromatic rings. The van der Waals surface area contributed by atoms with E-state index in [2.05, 4.69) is 29.4 Å². The number of nitrogens with one attached hydrogen (secondary N) is 1. The van der Waals surface area contributed by atoms with Gasteiger partial charge in [0.15, 0.2) is 0 Å². The molecule has 6 nitrogen and oxygen atoms in total. The van der Waals surface area contributed by atoms with Crippen molar-refractivity contribution < 1.29 is 9.59 Å². The van der Waals surface area contributed by atoms with Gasteiger partial charge in [-0.1, -0.05) is 37.3 Å². The first kappa shape index (κ1) is 25.7. The first-order valence-electron chi connectivity index (χ1n) is 11.4. The van der Waals surface area contributed by atoms with Gasteiger partial charge in [-0.2, -0.15) is 0 Å². The maximum atomic E-state index is 12.8. The molecule has 7 heteroatoms. The molecular formula is C25H35ClN4O2. The molecular weight excluding hydrogens is 424 g/mol. The maximum absolute atomic E-state index is 12.8. The summed E-state index contributed by atoms with van der Waals surface area (Å²) in [6, 6.07) is 14.4. The van der Waals surface area contributed by atoms with Gasteiger partial charge in [0.25, 0.3) is 0 Å². The number of aryl methyl sites for hydroxylation is 2. The highest BCUT2D eigenvalue weighted by atomic mass is 35.5. The lowest BCUT2D eigenvalue weighted by Gasteiger charge is -2.24. The highest BCUT2D eigenvalue weighted by Gasteiger charge is 2.33. The minimum atomic E-state index is -0.0536. The van der Waals surface area contributed by atoms with E-state index in [-0.39, 0.29) is 42.8 Å². The van der Waals surface area contributed by atoms with Gasteiger partial charge in [0.1, 0.15) is 5.82 Å². The van der Waals surface area contributed by atoms with Crippen LogP contribution in [0.4, 0.5) is 5.82 Å². The van der Waals surface area contributed by atoms with Crippen LogP contribution in [0.25, 0.3) is 0 Å². The van der Waals surface area contributed by atoms with Crippen LogP contribution in [-0.2, 0) is 22.4 Å². The second-order valence-corrected chi connectivity index (χ2v) is 8.39. The van der Waals surface area contributed by atoms with Crippen molar-refractivity contribution in [2.24, 2.45) is 0 Å². The number of anilines is 1. The first-order valence-corrected chi connectivity index (χ1v) is 11.4.